The molecule has 0 unspecified atom stereocenters. The second-order valence-electron chi connectivity index (χ2n) is 14.7. The number of aromatic nitrogens is 3. The number of hydrogen-bond acceptors (Lipinski definition) is 7. The number of methoxy groups -OCH3 is 1. The fourth-order valence-electron chi connectivity index (χ4n) is 6.11. The Hall–Kier alpha value is -3.79. The minimum absolute atomic E-state index is 0.0133. The van der Waals surface area contributed by atoms with Crippen LogP contribution in [0.3, 0.4) is 0 Å². The first-order valence-electron chi connectivity index (χ1n) is 15.8. The number of ether oxygens (including phenoxy) is 1. The third-order valence-electron chi connectivity index (χ3n) is 8.06. The number of nitrogens with one attached hydrogen (secondary N) is 2. The highest BCUT2D eigenvalue weighted by atomic mass is 16.5. The Morgan fingerprint density at radius 3 is 2.28 bits per heavy atom. The van der Waals surface area contributed by atoms with Gasteiger partial charge in [-0.05, 0) is 29.5 Å². The molecule has 0 radical (unpaired) electrons. The fourth-order valence-corrected chi connectivity index (χ4v) is 6.11. The Labute approximate surface area is 281 Å². The molecule has 1 amide bonds. The summed E-state index contributed by atoms with van der Waals surface area (Å²) < 4.78 is 8.13. The molecule has 0 aliphatic carbocycles. The lowest BCUT2D eigenvalue weighted by Gasteiger charge is -2.47. The molecule has 0 aliphatic rings. The SMILES string of the molecule is BC(B)(B)N(CCN(C)c1cc(OC)c(Nc2nccc(-c3cn(C(B)(B)B)c4ccccc34)n2)cc1NC(=O)C=C)C(B)(B)B. The average Bonchev–Trinajstić information content (AvgIpc) is 3.36. The maximum Gasteiger partial charge on any atom is 0.247 e. The zero-order valence-electron chi connectivity index (χ0n) is 29.4. The first-order chi connectivity index (χ1) is 21.4. The molecule has 4 rings (SSSR count). The topological polar surface area (TPSA) is 87.6 Å². The molecule has 0 atom stereocenters. The Balaban J connectivity index is 1.71. The molecule has 0 saturated carbocycles. The van der Waals surface area contributed by atoms with E-state index in [-0.39, 0.29) is 21.6 Å². The minimum Gasteiger partial charge on any atom is -0.494 e. The second kappa shape index (κ2) is 13.5. The van der Waals surface area contributed by atoms with Gasteiger partial charge in [0.2, 0.25) is 11.9 Å². The lowest BCUT2D eigenvalue weighted by Crippen LogP contribution is -2.64. The third-order valence-corrected chi connectivity index (χ3v) is 8.06. The van der Waals surface area contributed by atoms with E-state index in [1.807, 2.05) is 31.3 Å². The summed E-state index contributed by atoms with van der Waals surface area (Å²) in [4.78, 5) is 26.6. The first-order valence-corrected chi connectivity index (χ1v) is 15.8. The number of rotatable bonds is 13. The van der Waals surface area contributed by atoms with Crippen molar-refractivity contribution in [3.63, 3.8) is 0 Å². The Morgan fingerprint density at radius 1 is 1.00 bits per heavy atom. The average molecular weight is 606 g/mol. The van der Waals surface area contributed by atoms with Crippen LogP contribution in [0.5, 0.6) is 5.75 Å². The maximum absolute atomic E-state index is 12.6. The van der Waals surface area contributed by atoms with Gasteiger partial charge in [0.1, 0.15) is 76.4 Å². The smallest absolute Gasteiger partial charge is 0.247 e. The number of amides is 1. The third kappa shape index (κ3) is 7.95. The summed E-state index contributed by atoms with van der Waals surface area (Å²) in [5.74, 6) is 0.710. The van der Waals surface area contributed by atoms with E-state index in [4.69, 9.17) is 9.72 Å². The predicted molar refractivity (Wildman–Crippen MR) is 218 cm³/mol. The highest BCUT2D eigenvalue weighted by molar-refractivity contribution is 6.63. The number of likely N-dealkylation sites (N-methyl/N-ethyl adjacent to an activating group) is 1. The number of carbonyl (C=O) groups excluding carboxylic acids is 1. The largest absolute Gasteiger partial charge is 0.494 e. The summed E-state index contributed by atoms with van der Waals surface area (Å²) >= 11 is 0. The molecule has 46 heavy (non-hydrogen) atoms. The zero-order chi connectivity index (χ0) is 34.0. The number of para-hydroxylation sites is 1. The van der Waals surface area contributed by atoms with Crippen molar-refractivity contribution in [1.82, 2.24) is 19.4 Å². The van der Waals surface area contributed by atoms with E-state index < -0.39 is 0 Å². The minimum atomic E-state index is -0.301. The van der Waals surface area contributed by atoms with Crippen LogP contribution < -0.4 is 20.3 Å². The fraction of sp³-hybridized carbons (Fsp3) is 0.250. The standard InChI is InChI=1S/C28H42B9N7O2/c1-4-24(45)39-19-13-20(23(46-3)14-22(19)42(2)11-12-44(27(32,33)34)28(35,36)37)41-25-38-10-9-18(40-25)17-15-43(26(29,30)31)21-8-6-5-7-16(17)21/h4-10,13-15H,1,11-12,29-37H2,2-3H3,(H,39,45)(H,38,40,41). The summed E-state index contributed by atoms with van der Waals surface area (Å²) in [6.07, 6.45) is 5.17. The maximum atomic E-state index is 12.6. The predicted octanol–water partition coefficient (Wildman–Crippen LogP) is -4.80. The summed E-state index contributed by atoms with van der Waals surface area (Å²) in [5.41, 5.74) is 5.05. The van der Waals surface area contributed by atoms with Gasteiger partial charge in [-0.3, -0.25) is 4.79 Å². The molecule has 18 heteroatoms. The molecule has 0 bridgehead atoms. The van der Waals surface area contributed by atoms with Crippen molar-refractivity contribution >= 4 is 110 Å². The molecule has 2 aromatic carbocycles. The molecule has 0 fully saturated rings. The van der Waals surface area contributed by atoms with E-state index >= 15 is 0 Å². The van der Waals surface area contributed by atoms with E-state index in [9.17, 15) is 4.79 Å². The van der Waals surface area contributed by atoms with Gasteiger partial charge in [0.25, 0.3) is 0 Å². The Kier molecular flexibility index (Phi) is 10.3. The van der Waals surface area contributed by atoms with E-state index in [1.54, 1.807) is 13.3 Å². The molecule has 2 heterocycles. The summed E-state index contributed by atoms with van der Waals surface area (Å²) in [7, 11) is 23.6. The lowest BCUT2D eigenvalue weighted by atomic mass is 9.40. The van der Waals surface area contributed by atoms with E-state index in [0.29, 0.717) is 23.1 Å². The van der Waals surface area contributed by atoms with Crippen LogP contribution in [-0.2, 0) is 10.0 Å². The molecule has 228 valence electrons. The van der Waals surface area contributed by atoms with E-state index in [1.165, 1.54) is 6.08 Å². The van der Waals surface area contributed by atoms with Crippen LogP contribution in [0.15, 0.2) is 67.5 Å². The lowest BCUT2D eigenvalue weighted by molar-refractivity contribution is -0.111. The molecule has 2 aromatic heterocycles. The van der Waals surface area contributed by atoms with Gasteiger partial charge in [0.05, 0.1) is 29.9 Å². The molecule has 0 spiro atoms. The van der Waals surface area contributed by atoms with Gasteiger partial charge >= 0.3 is 0 Å². The number of fused-ring (bicyclic) bond motifs is 1. The number of benzene rings is 2. The monoisotopic (exact) mass is 607 g/mol. The van der Waals surface area contributed by atoms with E-state index in [2.05, 4.69) is 132 Å². The van der Waals surface area contributed by atoms with Crippen molar-refractivity contribution in [3.05, 3.63) is 67.5 Å². The van der Waals surface area contributed by atoms with Crippen molar-refractivity contribution in [2.75, 3.05) is 42.8 Å². The number of hydrogen-bond donors (Lipinski definition) is 2. The molecule has 2 N–H and O–H groups in total. The summed E-state index contributed by atoms with van der Waals surface area (Å²) in [6, 6.07) is 14.1. The van der Waals surface area contributed by atoms with Gasteiger partial charge in [0.15, 0.2) is 0 Å². The van der Waals surface area contributed by atoms with Crippen LogP contribution in [0.1, 0.15) is 0 Å². The Bertz CT molecular complexity index is 1720. The molecule has 0 saturated heterocycles. The van der Waals surface area contributed by atoms with Crippen LogP contribution in [0.4, 0.5) is 23.0 Å². The summed E-state index contributed by atoms with van der Waals surface area (Å²) in [6.45, 7) is 5.21. The zero-order valence-corrected chi connectivity index (χ0v) is 29.4. The van der Waals surface area contributed by atoms with Gasteiger partial charge in [-0.2, -0.15) is 0 Å². The second-order valence-corrected chi connectivity index (χ2v) is 14.7. The van der Waals surface area contributed by atoms with Gasteiger partial charge in [-0.15, -0.1) is 0 Å². The number of carbonyl (C=O) groups is 1. The molecule has 0 aliphatic heterocycles. The molecule has 4 aromatic rings. The van der Waals surface area contributed by atoms with Gasteiger partial charge < -0.3 is 29.7 Å². The normalized spacial score (nSPS) is 12.2. The number of anilines is 4. The van der Waals surface area contributed by atoms with Crippen LogP contribution in [-0.4, -0.2) is 134 Å². The Morgan fingerprint density at radius 2 is 1.67 bits per heavy atom. The molecule has 9 nitrogen and oxygen atoms in total. The first kappa shape index (κ1) is 35.1. The highest BCUT2D eigenvalue weighted by Crippen LogP contribution is 2.38. The van der Waals surface area contributed by atoms with Crippen LogP contribution >= 0.6 is 0 Å². The van der Waals surface area contributed by atoms with Gasteiger partial charge in [-0.1, -0.05) is 35.3 Å². The van der Waals surface area contributed by atoms with E-state index in [0.717, 1.165) is 40.9 Å². The summed E-state index contributed by atoms with van der Waals surface area (Å²) in [5, 5.41) is 7.34. The van der Waals surface area contributed by atoms with Crippen LogP contribution in [0.25, 0.3) is 22.2 Å². The highest BCUT2D eigenvalue weighted by Gasteiger charge is 2.31. The van der Waals surface area contributed by atoms with Crippen molar-refractivity contribution in [2.24, 2.45) is 0 Å². The molecular weight excluding hydrogens is 564 g/mol. The molecular formula is C28H42B9N7O2. The quantitative estimate of drug-likeness (QED) is 0.117. The van der Waals surface area contributed by atoms with Crippen LogP contribution in [0, 0.1) is 0 Å². The van der Waals surface area contributed by atoms with Crippen LogP contribution in [0.2, 0.25) is 0 Å². The van der Waals surface area contributed by atoms with Crippen molar-refractivity contribution < 1.29 is 9.53 Å². The van der Waals surface area contributed by atoms with Crippen molar-refractivity contribution in [2.45, 2.75) is 15.7 Å². The van der Waals surface area contributed by atoms with Gasteiger partial charge in [-0.25, -0.2) is 9.97 Å². The number of nitrogens with zero attached hydrogens (tertiary/aromatic N) is 5. The van der Waals surface area contributed by atoms with Crippen molar-refractivity contribution in [1.29, 1.82) is 0 Å². The van der Waals surface area contributed by atoms with Gasteiger partial charge in [0, 0.05) is 55.1 Å². The van der Waals surface area contributed by atoms with Crippen molar-refractivity contribution in [3.8, 4) is 17.0 Å².